The van der Waals surface area contributed by atoms with E-state index in [1.165, 1.54) is 12.1 Å². The van der Waals surface area contributed by atoms with Crippen LogP contribution in [0.1, 0.15) is 33.6 Å². The van der Waals surface area contributed by atoms with E-state index in [-0.39, 0.29) is 17.1 Å². The summed E-state index contributed by atoms with van der Waals surface area (Å²) in [5, 5.41) is 3.00. The van der Waals surface area contributed by atoms with Gasteiger partial charge in [-0.3, -0.25) is 9.69 Å². The second kappa shape index (κ2) is 8.47. The first-order valence-corrected chi connectivity index (χ1v) is 8.87. The quantitative estimate of drug-likeness (QED) is 0.812. The summed E-state index contributed by atoms with van der Waals surface area (Å²) >= 11 is 0. The van der Waals surface area contributed by atoms with Gasteiger partial charge in [-0.15, -0.1) is 0 Å². The number of carbonyl (C=O) groups excluding carboxylic acids is 1. The van der Waals surface area contributed by atoms with E-state index in [4.69, 9.17) is 0 Å². The lowest BCUT2D eigenvalue weighted by Crippen LogP contribution is -2.46. The second-order valence-electron chi connectivity index (χ2n) is 7.52. The molecule has 1 aliphatic rings. The Labute approximate surface area is 145 Å². The number of hydrogen-bond donors (Lipinski definition) is 1. The Bertz CT molecular complexity index is 516. The Morgan fingerprint density at radius 3 is 2.29 bits per heavy atom. The average molecular weight is 335 g/mol. The molecule has 1 N–H and O–H groups in total. The van der Waals surface area contributed by atoms with Crippen LogP contribution in [-0.2, 0) is 4.79 Å². The smallest absolute Gasteiger partial charge is 0.225 e. The van der Waals surface area contributed by atoms with Gasteiger partial charge < -0.3 is 10.2 Å². The number of hydrogen-bond acceptors (Lipinski definition) is 3. The van der Waals surface area contributed by atoms with Gasteiger partial charge in [0.15, 0.2) is 0 Å². The van der Waals surface area contributed by atoms with Crippen LogP contribution in [0.4, 0.5) is 10.1 Å². The van der Waals surface area contributed by atoms with Crippen LogP contribution >= 0.6 is 0 Å². The molecule has 1 aromatic rings. The summed E-state index contributed by atoms with van der Waals surface area (Å²) in [6, 6.07) is 6.74. The summed E-state index contributed by atoms with van der Waals surface area (Å²) < 4.78 is 13.0. The molecule has 0 saturated carbocycles. The lowest BCUT2D eigenvalue weighted by Gasteiger charge is -2.36. The maximum atomic E-state index is 13.0. The summed E-state index contributed by atoms with van der Waals surface area (Å²) in [5.74, 6) is -0.0636. The van der Waals surface area contributed by atoms with Crippen LogP contribution in [0, 0.1) is 11.2 Å². The zero-order valence-electron chi connectivity index (χ0n) is 15.1. The van der Waals surface area contributed by atoms with E-state index >= 15 is 0 Å². The molecule has 1 aliphatic heterocycles. The minimum atomic E-state index is -0.309. The van der Waals surface area contributed by atoms with Crippen LogP contribution < -0.4 is 10.2 Å². The van der Waals surface area contributed by atoms with Crippen molar-refractivity contribution in [2.45, 2.75) is 33.6 Å². The monoisotopic (exact) mass is 335 g/mol. The van der Waals surface area contributed by atoms with E-state index in [1.54, 1.807) is 0 Å². The molecule has 0 aromatic heterocycles. The summed E-state index contributed by atoms with van der Waals surface area (Å²) in [5.41, 5.74) is 0.789. The maximum Gasteiger partial charge on any atom is 0.225 e. The van der Waals surface area contributed by atoms with Gasteiger partial charge in [-0.05, 0) is 43.7 Å². The van der Waals surface area contributed by atoms with Crippen molar-refractivity contribution in [2.24, 2.45) is 5.41 Å². The van der Waals surface area contributed by atoms with Gasteiger partial charge >= 0.3 is 0 Å². The predicted molar refractivity (Wildman–Crippen MR) is 96.8 cm³/mol. The van der Waals surface area contributed by atoms with Crippen molar-refractivity contribution in [2.75, 3.05) is 44.2 Å². The average Bonchev–Trinajstić information content (AvgIpc) is 2.55. The Balaban J connectivity index is 1.60. The number of nitrogens with one attached hydrogen (secondary N) is 1. The van der Waals surface area contributed by atoms with E-state index in [1.807, 2.05) is 32.9 Å². The maximum absolute atomic E-state index is 13.0. The SMILES string of the molecule is CC(C)(C)C(=O)NCCCCN1CCN(c2ccc(F)cc2)CC1. The van der Waals surface area contributed by atoms with Crippen LogP contribution in [0.5, 0.6) is 0 Å². The van der Waals surface area contributed by atoms with Gasteiger partial charge in [-0.1, -0.05) is 20.8 Å². The van der Waals surface area contributed by atoms with Crippen molar-refractivity contribution >= 4 is 11.6 Å². The zero-order chi connectivity index (χ0) is 17.6. The topological polar surface area (TPSA) is 35.6 Å². The Morgan fingerprint density at radius 2 is 1.71 bits per heavy atom. The fourth-order valence-electron chi connectivity index (χ4n) is 2.81. The van der Waals surface area contributed by atoms with E-state index in [0.717, 1.165) is 57.8 Å². The van der Waals surface area contributed by atoms with Crippen LogP contribution in [0.3, 0.4) is 0 Å². The van der Waals surface area contributed by atoms with Gasteiger partial charge in [0.05, 0.1) is 0 Å². The molecule has 0 aliphatic carbocycles. The largest absolute Gasteiger partial charge is 0.369 e. The third-order valence-corrected chi connectivity index (χ3v) is 4.43. The summed E-state index contributed by atoms with van der Waals surface area (Å²) in [4.78, 5) is 16.5. The number of unbranched alkanes of at least 4 members (excludes halogenated alkanes) is 1. The number of anilines is 1. The highest BCUT2D eigenvalue weighted by atomic mass is 19.1. The van der Waals surface area contributed by atoms with Crippen molar-refractivity contribution in [1.82, 2.24) is 10.2 Å². The van der Waals surface area contributed by atoms with Crippen LogP contribution in [0.15, 0.2) is 24.3 Å². The number of benzene rings is 1. The van der Waals surface area contributed by atoms with Crippen molar-refractivity contribution in [3.63, 3.8) is 0 Å². The molecule has 2 rings (SSSR count). The van der Waals surface area contributed by atoms with Gasteiger partial charge in [0.2, 0.25) is 5.91 Å². The normalized spacial score (nSPS) is 16.2. The highest BCUT2D eigenvalue weighted by Gasteiger charge is 2.20. The molecule has 1 saturated heterocycles. The molecule has 24 heavy (non-hydrogen) atoms. The third kappa shape index (κ3) is 5.78. The van der Waals surface area contributed by atoms with Gasteiger partial charge in [-0.25, -0.2) is 4.39 Å². The lowest BCUT2D eigenvalue weighted by molar-refractivity contribution is -0.128. The van der Waals surface area contributed by atoms with Crippen molar-refractivity contribution in [3.05, 3.63) is 30.1 Å². The second-order valence-corrected chi connectivity index (χ2v) is 7.52. The molecule has 0 atom stereocenters. The number of carbonyl (C=O) groups is 1. The fraction of sp³-hybridized carbons (Fsp3) is 0.632. The fourth-order valence-corrected chi connectivity index (χ4v) is 2.81. The number of piperazine rings is 1. The molecule has 5 heteroatoms. The number of amides is 1. The van der Waals surface area contributed by atoms with Gasteiger partial charge in [0.25, 0.3) is 0 Å². The van der Waals surface area contributed by atoms with Gasteiger partial charge in [-0.2, -0.15) is 0 Å². The van der Waals surface area contributed by atoms with Gasteiger partial charge in [0, 0.05) is 43.8 Å². The van der Waals surface area contributed by atoms with E-state index in [0.29, 0.717) is 0 Å². The molecule has 0 radical (unpaired) electrons. The van der Waals surface area contributed by atoms with Gasteiger partial charge in [0.1, 0.15) is 5.82 Å². The minimum Gasteiger partial charge on any atom is -0.369 e. The Morgan fingerprint density at radius 1 is 1.08 bits per heavy atom. The van der Waals surface area contributed by atoms with E-state index < -0.39 is 0 Å². The zero-order valence-corrected chi connectivity index (χ0v) is 15.1. The lowest BCUT2D eigenvalue weighted by atomic mass is 9.96. The standard InChI is InChI=1S/C19H30FN3O/c1-19(2,3)18(24)21-10-4-5-11-22-12-14-23(15-13-22)17-8-6-16(20)7-9-17/h6-9H,4-5,10-15H2,1-3H3,(H,21,24). The molecular weight excluding hydrogens is 305 g/mol. The van der Waals surface area contributed by atoms with E-state index in [2.05, 4.69) is 15.1 Å². The molecule has 0 spiro atoms. The highest BCUT2D eigenvalue weighted by Crippen LogP contribution is 2.17. The van der Waals surface area contributed by atoms with Crippen LogP contribution in [0.25, 0.3) is 0 Å². The molecule has 1 heterocycles. The third-order valence-electron chi connectivity index (χ3n) is 4.43. The number of nitrogens with zero attached hydrogens (tertiary/aromatic N) is 2. The van der Waals surface area contributed by atoms with E-state index in [9.17, 15) is 9.18 Å². The van der Waals surface area contributed by atoms with Crippen molar-refractivity contribution < 1.29 is 9.18 Å². The molecule has 1 fully saturated rings. The predicted octanol–water partition coefficient (Wildman–Crippen LogP) is 2.89. The first-order chi connectivity index (χ1) is 11.4. The number of rotatable bonds is 6. The van der Waals surface area contributed by atoms with Crippen molar-refractivity contribution in [3.8, 4) is 0 Å². The van der Waals surface area contributed by atoms with Crippen molar-refractivity contribution in [1.29, 1.82) is 0 Å². The minimum absolute atomic E-state index is 0.121. The number of halogens is 1. The first kappa shape index (κ1) is 18.7. The summed E-state index contributed by atoms with van der Waals surface area (Å²) in [6.07, 6.45) is 2.11. The molecule has 0 bridgehead atoms. The molecule has 0 unspecified atom stereocenters. The molecule has 1 amide bonds. The Kier molecular flexibility index (Phi) is 6.60. The molecule has 1 aromatic carbocycles. The molecule has 134 valence electrons. The highest BCUT2D eigenvalue weighted by molar-refractivity contribution is 5.81. The molecule has 4 nitrogen and oxygen atoms in total. The summed E-state index contributed by atoms with van der Waals surface area (Å²) in [7, 11) is 0. The van der Waals surface area contributed by atoms with Crippen LogP contribution in [-0.4, -0.2) is 50.1 Å². The van der Waals surface area contributed by atoms with Crippen LogP contribution in [0.2, 0.25) is 0 Å². The molecular formula is C19H30FN3O. The summed E-state index contributed by atoms with van der Waals surface area (Å²) in [6.45, 7) is 11.7. The first-order valence-electron chi connectivity index (χ1n) is 8.87. The Hall–Kier alpha value is -1.62.